The van der Waals surface area contributed by atoms with Gasteiger partial charge in [0.2, 0.25) is 5.91 Å². The number of nitrogens with zero attached hydrogens (tertiary/aromatic N) is 1. The average Bonchev–Trinajstić information content (AvgIpc) is 2.86. The van der Waals surface area contributed by atoms with E-state index in [-0.39, 0.29) is 18.7 Å². The molecule has 9 nitrogen and oxygen atoms in total. The Morgan fingerprint density at radius 2 is 1.65 bits per heavy atom. The number of anilines is 1. The summed E-state index contributed by atoms with van der Waals surface area (Å²) in [5.74, 6) is -1.13. The van der Waals surface area contributed by atoms with Crippen molar-refractivity contribution in [3.63, 3.8) is 0 Å². The standard InChI is InChI=1S/C27H35N3O6S/c28-17-7-1-2-12-26(32)29-18-25(37(34,35)36)24(31)15-16-27(33)30-19-22-10-4-3-8-20(22)13-14-21-9-5-6-11-23(21)30/h3-6,8-11,13-14,25-26,29,32H,1-2,7,12,15-19,28H2,(H,34,35,36)/b14-13-. The van der Waals surface area contributed by atoms with Crippen LogP contribution in [0.2, 0.25) is 0 Å². The summed E-state index contributed by atoms with van der Waals surface area (Å²) in [4.78, 5) is 27.7. The predicted molar refractivity (Wildman–Crippen MR) is 144 cm³/mol. The molecule has 10 heteroatoms. The third-order valence-electron chi connectivity index (χ3n) is 6.38. The van der Waals surface area contributed by atoms with Gasteiger partial charge in [0.25, 0.3) is 10.1 Å². The van der Waals surface area contributed by atoms with Crippen LogP contribution in [-0.4, -0.2) is 54.3 Å². The van der Waals surface area contributed by atoms with E-state index in [0.717, 1.165) is 29.5 Å². The fourth-order valence-corrected chi connectivity index (χ4v) is 5.04. The number of carbonyl (C=O) groups excluding carboxylic acids is 2. The van der Waals surface area contributed by atoms with Gasteiger partial charge in [-0.1, -0.05) is 61.0 Å². The molecule has 2 atom stereocenters. The number of rotatable bonds is 13. The normalized spacial score (nSPS) is 15.6. The first kappa shape index (κ1) is 28.7. The van der Waals surface area contributed by atoms with Crippen LogP contribution >= 0.6 is 0 Å². The first-order valence-electron chi connectivity index (χ1n) is 12.5. The maximum atomic E-state index is 13.3. The van der Waals surface area contributed by atoms with Crippen LogP contribution in [-0.2, 0) is 26.3 Å². The zero-order valence-corrected chi connectivity index (χ0v) is 21.6. The molecule has 37 heavy (non-hydrogen) atoms. The molecule has 0 fully saturated rings. The quantitative estimate of drug-likeness (QED) is 0.176. The van der Waals surface area contributed by atoms with Crippen LogP contribution < -0.4 is 16.0 Å². The summed E-state index contributed by atoms with van der Waals surface area (Å²) in [6, 6.07) is 15.1. The second-order valence-electron chi connectivity index (χ2n) is 9.10. The Morgan fingerprint density at radius 3 is 2.38 bits per heavy atom. The Bertz CT molecular complexity index is 1210. The van der Waals surface area contributed by atoms with Gasteiger partial charge in [0.15, 0.2) is 11.0 Å². The van der Waals surface area contributed by atoms with Gasteiger partial charge in [-0.3, -0.25) is 19.5 Å². The minimum Gasteiger partial charge on any atom is -0.379 e. The van der Waals surface area contributed by atoms with Gasteiger partial charge >= 0.3 is 0 Å². The van der Waals surface area contributed by atoms with Crippen molar-refractivity contribution in [3.05, 3.63) is 65.2 Å². The van der Waals surface area contributed by atoms with E-state index in [0.29, 0.717) is 31.6 Å². The molecule has 3 rings (SSSR count). The summed E-state index contributed by atoms with van der Waals surface area (Å²) in [6.07, 6.45) is 4.97. The molecule has 2 aromatic carbocycles. The van der Waals surface area contributed by atoms with Gasteiger partial charge in [-0.05, 0) is 48.6 Å². The molecule has 1 aliphatic heterocycles. The number of nitrogens with two attached hydrogens (primary N) is 1. The Kier molecular flexibility index (Phi) is 10.5. The molecule has 200 valence electrons. The molecule has 0 aromatic heterocycles. The highest BCUT2D eigenvalue weighted by atomic mass is 32.2. The van der Waals surface area contributed by atoms with E-state index in [1.807, 2.05) is 60.7 Å². The molecule has 5 N–H and O–H groups in total. The smallest absolute Gasteiger partial charge is 0.276 e. The van der Waals surface area contributed by atoms with Gasteiger partial charge in [0.1, 0.15) is 6.23 Å². The zero-order chi connectivity index (χ0) is 26.8. The fraction of sp³-hybridized carbons (Fsp3) is 0.407. The highest BCUT2D eigenvalue weighted by Gasteiger charge is 2.32. The van der Waals surface area contributed by atoms with Gasteiger partial charge < -0.3 is 15.7 Å². The van der Waals surface area contributed by atoms with E-state index in [4.69, 9.17) is 5.73 Å². The SMILES string of the molecule is NCCCCCC(O)NCC(C(=O)CCC(=O)N1Cc2ccccc2/C=C\c2ccccc21)S(=O)(=O)O. The van der Waals surface area contributed by atoms with Crippen molar-refractivity contribution in [3.8, 4) is 0 Å². The lowest BCUT2D eigenvalue weighted by atomic mass is 10.0. The number of nitrogens with one attached hydrogen (secondary N) is 1. The van der Waals surface area contributed by atoms with Crippen LogP contribution in [0.5, 0.6) is 0 Å². The monoisotopic (exact) mass is 529 g/mol. The maximum Gasteiger partial charge on any atom is 0.276 e. The van der Waals surface area contributed by atoms with Crippen molar-refractivity contribution in [2.45, 2.75) is 56.5 Å². The van der Waals surface area contributed by atoms with E-state index in [2.05, 4.69) is 5.32 Å². The summed E-state index contributed by atoms with van der Waals surface area (Å²) < 4.78 is 33.5. The number of fused-ring (bicyclic) bond motifs is 2. The number of benzene rings is 2. The van der Waals surface area contributed by atoms with Crippen molar-refractivity contribution < 1.29 is 27.7 Å². The topological polar surface area (TPSA) is 150 Å². The molecule has 0 saturated carbocycles. The second kappa shape index (κ2) is 13.6. The average molecular weight is 530 g/mol. The van der Waals surface area contributed by atoms with Crippen LogP contribution in [0, 0.1) is 0 Å². The lowest BCUT2D eigenvalue weighted by Gasteiger charge is -2.27. The molecular weight excluding hydrogens is 494 g/mol. The van der Waals surface area contributed by atoms with Crippen molar-refractivity contribution in [2.75, 3.05) is 18.0 Å². The van der Waals surface area contributed by atoms with E-state index < -0.39 is 33.9 Å². The number of Topliss-reactive ketones (excluding diaryl/α,β-unsaturated/α-hetero) is 1. The molecule has 1 heterocycles. The molecule has 0 saturated heterocycles. The molecule has 0 radical (unpaired) electrons. The zero-order valence-electron chi connectivity index (χ0n) is 20.8. The molecule has 0 spiro atoms. The maximum absolute atomic E-state index is 13.3. The highest BCUT2D eigenvalue weighted by molar-refractivity contribution is 7.87. The number of ketones is 1. The number of amides is 1. The van der Waals surface area contributed by atoms with Gasteiger partial charge in [0.05, 0.1) is 12.2 Å². The minimum atomic E-state index is -4.73. The van der Waals surface area contributed by atoms with Gasteiger partial charge in [0, 0.05) is 19.4 Å². The summed E-state index contributed by atoms with van der Waals surface area (Å²) >= 11 is 0. The van der Waals surface area contributed by atoms with Crippen LogP contribution in [0.3, 0.4) is 0 Å². The summed E-state index contributed by atoms with van der Waals surface area (Å²) in [5, 5.41) is 10.9. The van der Waals surface area contributed by atoms with E-state index in [1.54, 1.807) is 4.90 Å². The highest BCUT2D eigenvalue weighted by Crippen LogP contribution is 2.29. The van der Waals surface area contributed by atoms with E-state index in [9.17, 15) is 27.7 Å². The number of aliphatic hydroxyl groups is 1. The second-order valence-corrected chi connectivity index (χ2v) is 10.7. The number of aliphatic hydroxyl groups excluding tert-OH is 1. The Balaban J connectivity index is 1.67. The number of carbonyl (C=O) groups is 2. The Hall–Kier alpha value is -2.89. The summed E-state index contributed by atoms with van der Waals surface area (Å²) in [5.41, 5.74) is 8.89. The van der Waals surface area contributed by atoms with Crippen molar-refractivity contribution >= 4 is 39.6 Å². The number of hydrogen-bond acceptors (Lipinski definition) is 7. The molecule has 1 amide bonds. The van der Waals surface area contributed by atoms with Crippen molar-refractivity contribution in [2.24, 2.45) is 5.73 Å². The molecule has 0 aliphatic carbocycles. The number of unbranched alkanes of at least 4 members (excludes halogenated alkanes) is 2. The van der Waals surface area contributed by atoms with Crippen LogP contribution in [0.25, 0.3) is 12.2 Å². The van der Waals surface area contributed by atoms with Crippen molar-refractivity contribution in [1.29, 1.82) is 0 Å². The largest absolute Gasteiger partial charge is 0.379 e. The van der Waals surface area contributed by atoms with Crippen LogP contribution in [0.15, 0.2) is 48.5 Å². The summed E-state index contributed by atoms with van der Waals surface area (Å²) in [6.45, 7) is 0.395. The van der Waals surface area contributed by atoms with Crippen LogP contribution in [0.1, 0.15) is 55.2 Å². The van der Waals surface area contributed by atoms with Gasteiger partial charge in [-0.25, -0.2) is 0 Å². The van der Waals surface area contributed by atoms with E-state index in [1.165, 1.54) is 0 Å². The lowest BCUT2D eigenvalue weighted by molar-refractivity contribution is -0.124. The first-order valence-corrected chi connectivity index (χ1v) is 14.0. The van der Waals surface area contributed by atoms with Crippen molar-refractivity contribution in [1.82, 2.24) is 5.32 Å². The van der Waals surface area contributed by atoms with Gasteiger partial charge in [-0.15, -0.1) is 0 Å². The summed E-state index contributed by atoms with van der Waals surface area (Å²) in [7, 11) is -4.73. The molecule has 0 bridgehead atoms. The third-order valence-corrected chi connectivity index (χ3v) is 7.53. The molecule has 2 unspecified atom stereocenters. The van der Waals surface area contributed by atoms with Gasteiger partial charge in [-0.2, -0.15) is 8.42 Å². The van der Waals surface area contributed by atoms with Crippen LogP contribution in [0.4, 0.5) is 5.69 Å². The first-order chi connectivity index (χ1) is 17.7. The fourth-order valence-electron chi connectivity index (χ4n) is 4.29. The molecular formula is C27H35N3O6S. The minimum absolute atomic E-state index is 0.229. The predicted octanol–water partition coefficient (Wildman–Crippen LogP) is 2.74. The Labute approximate surface area is 218 Å². The Morgan fingerprint density at radius 1 is 0.973 bits per heavy atom. The number of hydrogen-bond donors (Lipinski definition) is 4. The van der Waals surface area contributed by atoms with E-state index >= 15 is 0 Å². The third kappa shape index (κ3) is 8.31. The molecule has 1 aliphatic rings. The lowest BCUT2D eigenvalue weighted by Crippen LogP contribution is -2.43. The number of para-hydroxylation sites is 1. The molecule has 2 aromatic rings.